The highest BCUT2D eigenvalue weighted by Gasteiger charge is 2.31. The van der Waals surface area contributed by atoms with Gasteiger partial charge in [-0.15, -0.1) is 0 Å². The number of amides is 1. The Balaban J connectivity index is 2.19. The zero-order chi connectivity index (χ0) is 17.4. The molecule has 0 atom stereocenters. The number of aromatic hydroxyl groups is 1. The third kappa shape index (κ3) is 2.50. The number of rotatable bonds is 2. The number of nitrogens with two attached hydrogens (primary N) is 2. The second-order valence-corrected chi connectivity index (χ2v) is 5.68. The van der Waals surface area contributed by atoms with Crippen molar-refractivity contribution in [1.82, 2.24) is 0 Å². The van der Waals surface area contributed by atoms with Gasteiger partial charge in [-0.2, -0.15) is 4.99 Å². The fraction of sp³-hybridized carbons (Fsp3) is 0.176. The molecule has 24 heavy (non-hydrogen) atoms. The molecule has 0 radical (unpaired) electrons. The summed E-state index contributed by atoms with van der Waals surface area (Å²) >= 11 is 0. The molecule has 0 aromatic heterocycles. The van der Waals surface area contributed by atoms with Gasteiger partial charge in [0.2, 0.25) is 0 Å². The molecule has 7 nitrogen and oxygen atoms in total. The van der Waals surface area contributed by atoms with E-state index in [9.17, 15) is 9.90 Å². The molecule has 0 saturated carbocycles. The molecule has 1 aliphatic heterocycles. The van der Waals surface area contributed by atoms with Gasteiger partial charge in [0.25, 0.3) is 5.91 Å². The normalized spacial score (nSPS) is 12.2. The molecule has 3 rings (SSSR count). The molecule has 0 fully saturated rings. The fourth-order valence-corrected chi connectivity index (χ4v) is 2.74. The number of anilines is 2. The van der Waals surface area contributed by atoms with Crippen LogP contribution in [0.1, 0.15) is 24.2 Å². The highest BCUT2D eigenvalue weighted by Crippen LogP contribution is 2.52. The molecule has 0 spiro atoms. The van der Waals surface area contributed by atoms with Gasteiger partial charge >= 0.3 is 0 Å². The van der Waals surface area contributed by atoms with Crippen LogP contribution in [-0.2, 0) is 0 Å². The van der Waals surface area contributed by atoms with E-state index in [1.54, 1.807) is 6.07 Å². The van der Waals surface area contributed by atoms with Crippen LogP contribution in [0, 0.1) is 0 Å². The molecule has 1 aliphatic rings. The van der Waals surface area contributed by atoms with Crippen molar-refractivity contribution in [2.24, 2.45) is 16.5 Å². The number of ether oxygens (including phenoxy) is 1. The van der Waals surface area contributed by atoms with Crippen molar-refractivity contribution in [3.05, 3.63) is 42.0 Å². The number of fused-ring (bicyclic) bond motifs is 2. The zero-order valence-electron chi connectivity index (χ0n) is 13.4. The van der Waals surface area contributed by atoms with E-state index in [1.165, 1.54) is 6.07 Å². The number of carbonyl (C=O) groups excluding carboxylic acids is 1. The molecule has 1 amide bonds. The van der Waals surface area contributed by atoms with Crippen molar-refractivity contribution >= 4 is 23.2 Å². The Labute approximate surface area is 139 Å². The number of benzene rings is 2. The first-order chi connectivity index (χ1) is 11.4. The van der Waals surface area contributed by atoms with Crippen LogP contribution in [0.25, 0.3) is 0 Å². The third-order valence-electron chi connectivity index (χ3n) is 3.68. The molecule has 1 heterocycles. The molecule has 2 aromatic carbocycles. The Morgan fingerprint density at radius 2 is 1.88 bits per heavy atom. The zero-order valence-corrected chi connectivity index (χ0v) is 13.4. The van der Waals surface area contributed by atoms with Gasteiger partial charge in [0.1, 0.15) is 5.69 Å². The number of hydrogen-bond donors (Lipinski definition) is 3. The highest BCUT2D eigenvalue weighted by atomic mass is 16.5. The van der Waals surface area contributed by atoms with Crippen molar-refractivity contribution in [3.63, 3.8) is 0 Å². The van der Waals surface area contributed by atoms with E-state index in [0.29, 0.717) is 17.2 Å². The van der Waals surface area contributed by atoms with Gasteiger partial charge in [0.05, 0.1) is 11.3 Å². The average molecular weight is 326 g/mol. The first-order valence-electron chi connectivity index (χ1n) is 7.46. The smallest absolute Gasteiger partial charge is 0.284 e. The fourth-order valence-electron chi connectivity index (χ4n) is 2.74. The van der Waals surface area contributed by atoms with E-state index in [-0.39, 0.29) is 23.3 Å². The van der Waals surface area contributed by atoms with Crippen LogP contribution in [0.5, 0.6) is 17.2 Å². The number of guanidine groups is 1. The van der Waals surface area contributed by atoms with Gasteiger partial charge in [0.15, 0.2) is 23.2 Å². The van der Waals surface area contributed by atoms with Crippen molar-refractivity contribution < 1.29 is 14.6 Å². The number of phenols is 1. The minimum absolute atomic E-state index is 0.00998. The average Bonchev–Trinajstić information content (AvgIpc) is 2.52. The Morgan fingerprint density at radius 1 is 1.17 bits per heavy atom. The number of phenolic OH excluding ortho intramolecular Hbond substituents is 1. The molecule has 0 saturated heterocycles. The summed E-state index contributed by atoms with van der Waals surface area (Å²) in [7, 11) is 0. The number of carbonyl (C=O) groups is 1. The summed E-state index contributed by atoms with van der Waals surface area (Å²) in [6, 6.07) is 10.6. The number of nitrogens with zero attached hydrogens (tertiary/aromatic N) is 2. The summed E-state index contributed by atoms with van der Waals surface area (Å²) in [6.45, 7) is 3.96. The van der Waals surface area contributed by atoms with Crippen LogP contribution >= 0.6 is 0 Å². The first-order valence-corrected chi connectivity index (χ1v) is 7.46. The minimum Gasteiger partial charge on any atom is -0.505 e. The van der Waals surface area contributed by atoms with Crippen LogP contribution < -0.4 is 21.1 Å². The van der Waals surface area contributed by atoms with E-state index < -0.39 is 5.91 Å². The lowest BCUT2D eigenvalue weighted by molar-refractivity contribution is 0.1000. The maximum Gasteiger partial charge on any atom is 0.284 e. The molecular weight excluding hydrogens is 308 g/mol. The van der Waals surface area contributed by atoms with Crippen molar-refractivity contribution in [2.45, 2.75) is 19.9 Å². The summed E-state index contributed by atoms with van der Waals surface area (Å²) < 4.78 is 5.86. The molecule has 0 aliphatic carbocycles. The second-order valence-electron chi connectivity index (χ2n) is 5.68. The lowest BCUT2D eigenvalue weighted by Crippen LogP contribution is -2.29. The summed E-state index contributed by atoms with van der Waals surface area (Å²) in [5.41, 5.74) is 11.7. The Kier molecular flexibility index (Phi) is 3.76. The van der Waals surface area contributed by atoms with Crippen molar-refractivity contribution in [1.29, 1.82) is 0 Å². The van der Waals surface area contributed by atoms with E-state index >= 15 is 0 Å². The maximum atomic E-state index is 12.1. The van der Waals surface area contributed by atoms with Crippen LogP contribution in [0.4, 0.5) is 11.4 Å². The minimum atomic E-state index is -0.710. The Hall–Kier alpha value is -3.22. The van der Waals surface area contributed by atoms with Crippen LogP contribution in [0.3, 0.4) is 0 Å². The SMILES string of the molecule is CC(C)N1c2ccccc2Oc2ccc(C(=O)N=C(N)N)c(O)c21. The summed E-state index contributed by atoms with van der Waals surface area (Å²) in [5, 5.41) is 10.7. The molecule has 7 heteroatoms. The quantitative estimate of drug-likeness (QED) is 0.577. The number of aliphatic imine (C=N–C) groups is 1. The monoisotopic (exact) mass is 326 g/mol. The van der Waals surface area contributed by atoms with Crippen LogP contribution in [0.2, 0.25) is 0 Å². The molecular formula is C17H18N4O3. The second kappa shape index (κ2) is 5.77. The highest BCUT2D eigenvalue weighted by molar-refractivity contribution is 6.05. The standard InChI is InChI=1S/C17H18N4O3/c1-9(2)21-11-5-3-4-6-12(11)24-13-8-7-10(15(22)14(13)21)16(23)20-17(18)19/h3-9,22H,1-2H3,(H4,18,19,20,23). The summed E-state index contributed by atoms with van der Waals surface area (Å²) in [4.78, 5) is 17.5. The van der Waals surface area contributed by atoms with Crippen LogP contribution in [-0.4, -0.2) is 23.0 Å². The predicted molar refractivity (Wildman–Crippen MR) is 92.0 cm³/mol. The van der Waals surface area contributed by atoms with Crippen LogP contribution in [0.15, 0.2) is 41.4 Å². The third-order valence-corrected chi connectivity index (χ3v) is 3.68. The number of hydrogen-bond acceptors (Lipinski definition) is 4. The van der Waals surface area contributed by atoms with Gasteiger partial charge in [-0.3, -0.25) is 4.79 Å². The first kappa shape index (κ1) is 15.7. The van der Waals surface area contributed by atoms with Gasteiger partial charge in [0, 0.05) is 6.04 Å². The van der Waals surface area contributed by atoms with Gasteiger partial charge < -0.3 is 26.2 Å². The molecule has 2 aromatic rings. The van der Waals surface area contributed by atoms with Gasteiger partial charge in [-0.1, -0.05) is 12.1 Å². The maximum absolute atomic E-state index is 12.1. The summed E-state index contributed by atoms with van der Waals surface area (Å²) in [6.07, 6.45) is 0. The Bertz CT molecular complexity index is 842. The molecule has 5 N–H and O–H groups in total. The van der Waals surface area contributed by atoms with E-state index in [2.05, 4.69) is 4.99 Å². The molecule has 124 valence electrons. The van der Waals surface area contributed by atoms with E-state index in [1.807, 2.05) is 43.0 Å². The number of para-hydroxylation sites is 2. The lowest BCUT2D eigenvalue weighted by atomic mass is 10.1. The molecule has 0 bridgehead atoms. The lowest BCUT2D eigenvalue weighted by Gasteiger charge is -2.36. The largest absolute Gasteiger partial charge is 0.505 e. The van der Waals surface area contributed by atoms with Gasteiger partial charge in [-0.05, 0) is 38.1 Å². The summed E-state index contributed by atoms with van der Waals surface area (Å²) in [5.74, 6) is -0.148. The Morgan fingerprint density at radius 3 is 2.54 bits per heavy atom. The van der Waals surface area contributed by atoms with Crippen molar-refractivity contribution in [3.8, 4) is 17.2 Å². The topological polar surface area (TPSA) is 114 Å². The predicted octanol–water partition coefficient (Wildman–Crippen LogP) is 2.46. The van der Waals surface area contributed by atoms with Gasteiger partial charge in [-0.25, -0.2) is 0 Å². The van der Waals surface area contributed by atoms with E-state index in [0.717, 1.165) is 5.69 Å². The van der Waals surface area contributed by atoms with Crippen molar-refractivity contribution in [2.75, 3.05) is 4.90 Å². The van der Waals surface area contributed by atoms with E-state index in [4.69, 9.17) is 16.2 Å². The molecule has 0 unspecified atom stereocenters.